The summed E-state index contributed by atoms with van der Waals surface area (Å²) in [5.41, 5.74) is 2.06. The van der Waals surface area contributed by atoms with Crippen LogP contribution in [0.3, 0.4) is 0 Å². The molecule has 1 fully saturated rings. The Hall–Kier alpha value is -2.86. The Labute approximate surface area is 149 Å². The van der Waals surface area contributed by atoms with E-state index < -0.39 is 5.97 Å². The van der Waals surface area contributed by atoms with Crippen LogP contribution in [-0.2, 0) is 16.1 Å². The highest BCUT2D eigenvalue weighted by Gasteiger charge is 2.34. The predicted molar refractivity (Wildman–Crippen MR) is 95.7 cm³/mol. The molecule has 0 N–H and O–H groups in total. The van der Waals surface area contributed by atoms with Crippen molar-refractivity contribution in [2.24, 2.45) is 0 Å². The number of ether oxygens (including phenoxy) is 1. The van der Waals surface area contributed by atoms with Crippen LogP contribution in [0.25, 0.3) is 6.08 Å². The Kier molecular flexibility index (Phi) is 5.00. The molecule has 3 rings (SSSR count). The molecule has 1 aliphatic rings. The monoisotopic (exact) mass is 353 g/mol. The minimum Gasteiger partial charge on any atom is -0.465 e. The molecule has 6 heteroatoms. The van der Waals surface area contributed by atoms with Crippen LogP contribution in [0.4, 0.5) is 4.79 Å². The molecule has 0 saturated carbocycles. The zero-order valence-electron chi connectivity index (χ0n) is 13.5. The van der Waals surface area contributed by atoms with E-state index in [1.54, 1.807) is 30.3 Å². The van der Waals surface area contributed by atoms with E-state index in [2.05, 4.69) is 4.74 Å². The van der Waals surface area contributed by atoms with Gasteiger partial charge in [0.1, 0.15) is 0 Å². The average Bonchev–Trinajstić information content (AvgIpc) is 2.90. The first-order valence-electron chi connectivity index (χ1n) is 7.56. The summed E-state index contributed by atoms with van der Waals surface area (Å²) >= 11 is 0.918. The van der Waals surface area contributed by atoms with E-state index in [9.17, 15) is 14.4 Å². The van der Waals surface area contributed by atoms with Crippen molar-refractivity contribution in [3.05, 3.63) is 76.2 Å². The van der Waals surface area contributed by atoms with Crippen molar-refractivity contribution in [1.29, 1.82) is 0 Å². The Balaban J connectivity index is 1.77. The van der Waals surface area contributed by atoms with E-state index >= 15 is 0 Å². The summed E-state index contributed by atoms with van der Waals surface area (Å²) < 4.78 is 4.65. The molecule has 2 amide bonds. The summed E-state index contributed by atoms with van der Waals surface area (Å²) in [7, 11) is 1.32. The van der Waals surface area contributed by atoms with Gasteiger partial charge < -0.3 is 4.74 Å². The van der Waals surface area contributed by atoms with Gasteiger partial charge in [0, 0.05) is 0 Å². The molecule has 5 nitrogen and oxygen atoms in total. The second kappa shape index (κ2) is 7.36. The van der Waals surface area contributed by atoms with Crippen LogP contribution >= 0.6 is 11.8 Å². The Morgan fingerprint density at radius 2 is 1.76 bits per heavy atom. The smallest absolute Gasteiger partial charge is 0.337 e. The SMILES string of the molecule is COC(=O)c1ccc(/C=C2/SC(=O)N(Cc3ccccc3)C2=O)cc1. The summed E-state index contributed by atoms with van der Waals surface area (Å²) in [6.45, 7) is 0.254. The number of nitrogens with zero attached hydrogens (tertiary/aromatic N) is 1. The number of carbonyl (C=O) groups is 3. The van der Waals surface area contributed by atoms with Gasteiger partial charge in [0.2, 0.25) is 0 Å². The molecule has 0 aliphatic carbocycles. The molecule has 1 saturated heterocycles. The third-order valence-corrected chi connectivity index (χ3v) is 4.59. The van der Waals surface area contributed by atoms with Gasteiger partial charge >= 0.3 is 5.97 Å². The topological polar surface area (TPSA) is 63.7 Å². The second-order valence-corrected chi connectivity index (χ2v) is 6.36. The molecule has 0 unspecified atom stereocenters. The normalized spacial score (nSPS) is 15.7. The van der Waals surface area contributed by atoms with E-state index in [0.29, 0.717) is 10.5 Å². The highest BCUT2D eigenvalue weighted by molar-refractivity contribution is 8.18. The lowest BCUT2D eigenvalue weighted by molar-refractivity contribution is -0.123. The minimum absolute atomic E-state index is 0.254. The van der Waals surface area contributed by atoms with E-state index in [1.165, 1.54) is 12.0 Å². The third-order valence-electron chi connectivity index (χ3n) is 3.69. The van der Waals surface area contributed by atoms with Crippen molar-refractivity contribution < 1.29 is 19.1 Å². The zero-order chi connectivity index (χ0) is 17.8. The molecule has 0 aromatic heterocycles. The number of amides is 2. The average molecular weight is 353 g/mol. The molecule has 126 valence electrons. The van der Waals surface area contributed by atoms with Gasteiger partial charge in [-0.1, -0.05) is 42.5 Å². The molecule has 1 heterocycles. The van der Waals surface area contributed by atoms with Crippen molar-refractivity contribution in [2.75, 3.05) is 7.11 Å². The summed E-state index contributed by atoms with van der Waals surface area (Å²) in [6, 6.07) is 16.0. The van der Waals surface area contributed by atoms with Crippen molar-refractivity contribution in [1.82, 2.24) is 4.90 Å². The zero-order valence-corrected chi connectivity index (χ0v) is 14.3. The van der Waals surface area contributed by atoms with Crippen molar-refractivity contribution in [3.63, 3.8) is 0 Å². The van der Waals surface area contributed by atoms with Crippen LogP contribution < -0.4 is 0 Å². The summed E-state index contributed by atoms with van der Waals surface area (Å²) in [5.74, 6) is -0.731. The number of hydrogen-bond acceptors (Lipinski definition) is 5. The maximum Gasteiger partial charge on any atom is 0.337 e. The number of carbonyl (C=O) groups excluding carboxylic acids is 3. The first kappa shape index (κ1) is 17.0. The van der Waals surface area contributed by atoms with Gasteiger partial charge in [0.15, 0.2) is 0 Å². The molecular weight excluding hydrogens is 338 g/mol. The van der Waals surface area contributed by atoms with Crippen molar-refractivity contribution in [3.8, 4) is 0 Å². The van der Waals surface area contributed by atoms with Gasteiger partial charge in [0.25, 0.3) is 11.1 Å². The number of esters is 1. The first-order chi connectivity index (χ1) is 12.1. The molecule has 0 spiro atoms. The predicted octanol–water partition coefficient (Wildman–Crippen LogP) is 3.71. The van der Waals surface area contributed by atoms with Gasteiger partial charge in [-0.2, -0.15) is 0 Å². The van der Waals surface area contributed by atoms with Crippen molar-refractivity contribution in [2.45, 2.75) is 6.54 Å². The van der Waals surface area contributed by atoms with E-state index in [4.69, 9.17) is 0 Å². The Morgan fingerprint density at radius 3 is 2.40 bits per heavy atom. The number of methoxy groups -OCH3 is 1. The number of thioether (sulfide) groups is 1. The largest absolute Gasteiger partial charge is 0.465 e. The second-order valence-electron chi connectivity index (χ2n) is 5.37. The van der Waals surface area contributed by atoms with Gasteiger partial charge in [-0.15, -0.1) is 0 Å². The minimum atomic E-state index is -0.422. The van der Waals surface area contributed by atoms with Gasteiger partial charge in [-0.05, 0) is 41.1 Å². The van der Waals surface area contributed by atoms with Crippen LogP contribution in [0.5, 0.6) is 0 Å². The fourth-order valence-electron chi connectivity index (χ4n) is 2.39. The number of imide groups is 1. The number of hydrogen-bond donors (Lipinski definition) is 0. The summed E-state index contributed by atoms with van der Waals surface area (Å²) in [4.78, 5) is 37.7. The van der Waals surface area contributed by atoms with Gasteiger partial charge in [-0.25, -0.2) is 4.79 Å². The molecular formula is C19H15NO4S. The lowest BCUT2D eigenvalue weighted by atomic mass is 10.1. The molecule has 25 heavy (non-hydrogen) atoms. The Morgan fingerprint density at radius 1 is 1.08 bits per heavy atom. The quantitative estimate of drug-likeness (QED) is 0.619. The molecule has 1 aliphatic heterocycles. The lowest BCUT2D eigenvalue weighted by Gasteiger charge is -2.12. The third kappa shape index (κ3) is 3.80. The maximum atomic E-state index is 12.5. The lowest BCUT2D eigenvalue weighted by Crippen LogP contribution is -2.27. The fraction of sp³-hybridized carbons (Fsp3) is 0.105. The highest BCUT2D eigenvalue weighted by atomic mass is 32.2. The van der Waals surface area contributed by atoms with E-state index in [1.807, 2.05) is 30.3 Å². The standard InChI is InChI=1S/C19H15NO4S/c1-24-18(22)15-9-7-13(8-10-15)11-16-17(21)20(19(23)25-16)12-14-5-3-2-4-6-14/h2-11H,12H2,1H3/b16-11+. The van der Waals surface area contributed by atoms with E-state index in [-0.39, 0.29) is 17.7 Å². The maximum absolute atomic E-state index is 12.5. The van der Waals surface area contributed by atoms with Crippen molar-refractivity contribution >= 4 is 35.0 Å². The molecule has 2 aromatic carbocycles. The van der Waals surface area contributed by atoms with Crippen LogP contribution in [0.2, 0.25) is 0 Å². The highest BCUT2D eigenvalue weighted by Crippen LogP contribution is 2.33. The fourth-order valence-corrected chi connectivity index (χ4v) is 3.23. The number of benzene rings is 2. The summed E-state index contributed by atoms with van der Waals surface area (Å²) in [6.07, 6.45) is 1.65. The van der Waals surface area contributed by atoms with Gasteiger partial charge in [-0.3, -0.25) is 14.5 Å². The van der Waals surface area contributed by atoms with Crippen LogP contribution in [0.15, 0.2) is 59.5 Å². The van der Waals surface area contributed by atoms with Crippen LogP contribution in [0, 0.1) is 0 Å². The number of rotatable bonds is 4. The first-order valence-corrected chi connectivity index (χ1v) is 8.38. The Bertz CT molecular complexity index is 843. The molecule has 0 atom stereocenters. The van der Waals surface area contributed by atoms with Gasteiger partial charge in [0.05, 0.1) is 24.1 Å². The molecule has 0 radical (unpaired) electrons. The van der Waals surface area contributed by atoms with E-state index in [0.717, 1.165) is 22.9 Å². The van der Waals surface area contributed by atoms with Crippen LogP contribution in [-0.4, -0.2) is 29.1 Å². The molecule has 0 bridgehead atoms. The van der Waals surface area contributed by atoms with Crippen LogP contribution in [0.1, 0.15) is 21.5 Å². The molecule has 2 aromatic rings. The summed E-state index contributed by atoms with van der Waals surface area (Å²) in [5, 5.41) is -0.286.